The monoisotopic (exact) mass is 591 g/mol. The van der Waals surface area contributed by atoms with Crippen molar-refractivity contribution >= 4 is 35.2 Å². The number of amides is 1. The van der Waals surface area contributed by atoms with Gasteiger partial charge in [-0.1, -0.05) is 38.1 Å². The van der Waals surface area contributed by atoms with Gasteiger partial charge in [0.1, 0.15) is 23.0 Å². The van der Waals surface area contributed by atoms with Crippen LogP contribution in [0.5, 0.6) is 0 Å². The first-order valence-electron chi connectivity index (χ1n) is 14.3. The molecule has 3 heterocycles. The molecule has 0 spiro atoms. The number of piperazine rings is 1. The Hall–Kier alpha value is -4.41. The molecule has 0 aliphatic carbocycles. The lowest BCUT2D eigenvalue weighted by atomic mass is 9.91. The number of aromatic nitrogens is 3. The number of hydrogen-bond donors (Lipinski definition) is 1. The van der Waals surface area contributed by atoms with Crippen LogP contribution < -0.4 is 16.3 Å². The number of hydrogen-bond acceptors (Lipinski definition) is 7. The molecule has 2 aromatic heterocycles. The summed E-state index contributed by atoms with van der Waals surface area (Å²) in [5.41, 5.74) is 5.88. The van der Waals surface area contributed by atoms with E-state index in [4.69, 9.17) is 5.73 Å². The van der Waals surface area contributed by atoms with Crippen molar-refractivity contribution in [3.05, 3.63) is 70.7 Å². The lowest BCUT2D eigenvalue weighted by molar-refractivity contribution is -0.130. The van der Waals surface area contributed by atoms with E-state index >= 15 is 8.78 Å². The Bertz CT molecular complexity index is 1630. The largest absolute Gasteiger partial charge is 0.398 e. The zero-order valence-electron chi connectivity index (χ0n) is 25.5. The van der Waals surface area contributed by atoms with Gasteiger partial charge in [0, 0.05) is 30.9 Å². The van der Waals surface area contributed by atoms with Crippen molar-refractivity contribution in [2.45, 2.75) is 65.7 Å². The third-order valence-corrected chi connectivity index (χ3v) is 8.18. The molecular formula is C32H39F2N7O2. The minimum Gasteiger partial charge on any atom is -0.398 e. The van der Waals surface area contributed by atoms with Crippen LogP contribution in [0.25, 0.3) is 22.3 Å². The number of anilines is 2. The van der Waals surface area contributed by atoms with E-state index in [0.29, 0.717) is 13.1 Å². The Morgan fingerprint density at radius 1 is 1.16 bits per heavy atom. The number of pyridine rings is 1. The minimum atomic E-state index is -0.819. The van der Waals surface area contributed by atoms with E-state index in [1.165, 1.54) is 34.9 Å². The van der Waals surface area contributed by atoms with Crippen LogP contribution in [0, 0.1) is 17.6 Å². The van der Waals surface area contributed by atoms with Crippen molar-refractivity contribution < 1.29 is 13.6 Å². The van der Waals surface area contributed by atoms with E-state index in [0.717, 1.165) is 5.57 Å². The first-order chi connectivity index (χ1) is 20.4. The first kappa shape index (κ1) is 31.5. The molecule has 1 saturated heterocycles. The number of nitrogens with two attached hydrogens (primary N) is 1. The van der Waals surface area contributed by atoms with Crippen molar-refractivity contribution in [1.29, 1.82) is 0 Å². The summed E-state index contributed by atoms with van der Waals surface area (Å²) in [5.74, 6) is -1.56. The number of fused-ring (bicyclic) bond motifs is 1. The molecule has 1 fully saturated rings. The Morgan fingerprint density at radius 3 is 2.35 bits per heavy atom. The number of halogens is 2. The van der Waals surface area contributed by atoms with Gasteiger partial charge in [-0.2, -0.15) is 4.98 Å². The van der Waals surface area contributed by atoms with Crippen LogP contribution in [0.1, 0.15) is 47.6 Å². The fourth-order valence-electron chi connectivity index (χ4n) is 6.09. The second-order valence-corrected chi connectivity index (χ2v) is 11.4. The molecule has 4 atom stereocenters. The van der Waals surface area contributed by atoms with Crippen LogP contribution >= 0.6 is 0 Å². The summed E-state index contributed by atoms with van der Waals surface area (Å²) in [4.78, 5) is 43.7. The Balaban J connectivity index is 2.08. The average molecular weight is 592 g/mol. The van der Waals surface area contributed by atoms with Crippen LogP contribution in [0.15, 0.2) is 58.4 Å². The predicted molar refractivity (Wildman–Crippen MR) is 168 cm³/mol. The lowest BCUT2D eigenvalue weighted by Crippen LogP contribution is -2.58. The lowest BCUT2D eigenvalue weighted by Gasteiger charge is -2.44. The van der Waals surface area contributed by atoms with Gasteiger partial charge in [0.2, 0.25) is 5.91 Å². The molecular weight excluding hydrogens is 552 g/mol. The van der Waals surface area contributed by atoms with Gasteiger partial charge in [-0.05, 0) is 64.6 Å². The van der Waals surface area contributed by atoms with Gasteiger partial charge in [-0.3, -0.25) is 14.4 Å². The van der Waals surface area contributed by atoms with Gasteiger partial charge < -0.3 is 15.5 Å². The van der Waals surface area contributed by atoms with Crippen LogP contribution in [0.3, 0.4) is 0 Å². The Labute approximate surface area is 250 Å². The van der Waals surface area contributed by atoms with Gasteiger partial charge in [0.25, 0.3) is 0 Å². The molecule has 228 valence electrons. The number of carbonyl (C=O) groups is 1. The molecule has 2 N–H and O–H groups in total. The van der Waals surface area contributed by atoms with Crippen LogP contribution in [-0.4, -0.2) is 63.3 Å². The van der Waals surface area contributed by atoms with Crippen molar-refractivity contribution in [3.63, 3.8) is 0 Å². The zero-order chi connectivity index (χ0) is 31.7. The number of carbonyl (C=O) groups excluding carboxylic acids is 1. The topological polar surface area (TPSA) is 110 Å². The molecule has 0 radical (unpaired) electrons. The van der Waals surface area contributed by atoms with Gasteiger partial charge in [-0.15, -0.1) is 0 Å². The van der Waals surface area contributed by atoms with Gasteiger partial charge in [0.05, 0.1) is 23.0 Å². The molecule has 1 amide bonds. The quantitative estimate of drug-likeness (QED) is 0.168. The summed E-state index contributed by atoms with van der Waals surface area (Å²) in [6, 6.07) is 3.69. The Morgan fingerprint density at radius 2 is 1.81 bits per heavy atom. The van der Waals surface area contributed by atoms with E-state index < -0.39 is 29.4 Å². The standard InChI is InChI=1S/C32H39F2N7O2/c1-9-18(5)29(27(36-8)17(3)4)41-31-21(14-23(34)28(37-31)26-22(33)12-11-13-24(26)35)30(38-32(41)43)39-15-19(6)40(20(7)16-39)25(42)10-2/h9-14,17,19-20,27,29H,2,8,15-16,35H2,1,3-7H3/b18-9-/t19-,20+,27-,29?/m0/s1. The molecule has 0 bridgehead atoms. The molecule has 1 aliphatic rings. The third kappa shape index (κ3) is 5.68. The van der Waals surface area contributed by atoms with Gasteiger partial charge in [0.15, 0.2) is 5.82 Å². The maximum Gasteiger partial charge on any atom is 0.351 e. The van der Waals surface area contributed by atoms with Gasteiger partial charge in [-0.25, -0.2) is 18.6 Å². The van der Waals surface area contributed by atoms with E-state index in [9.17, 15) is 9.59 Å². The maximum atomic E-state index is 16.0. The zero-order valence-corrected chi connectivity index (χ0v) is 25.5. The smallest absolute Gasteiger partial charge is 0.351 e. The fourth-order valence-corrected chi connectivity index (χ4v) is 6.09. The highest BCUT2D eigenvalue weighted by molar-refractivity contribution is 5.91. The average Bonchev–Trinajstić information content (AvgIpc) is 2.95. The van der Waals surface area contributed by atoms with Crippen molar-refractivity contribution in [2.24, 2.45) is 10.9 Å². The molecule has 3 aromatic rings. The van der Waals surface area contributed by atoms with Crippen molar-refractivity contribution in [1.82, 2.24) is 19.4 Å². The number of nitrogens with zero attached hydrogens (tertiary/aromatic N) is 6. The second kappa shape index (κ2) is 12.4. The van der Waals surface area contributed by atoms with Crippen LogP contribution in [-0.2, 0) is 4.79 Å². The van der Waals surface area contributed by atoms with Crippen LogP contribution in [0.4, 0.5) is 20.3 Å². The maximum absolute atomic E-state index is 16.0. The highest BCUT2D eigenvalue weighted by atomic mass is 19.1. The number of benzene rings is 1. The summed E-state index contributed by atoms with van der Waals surface area (Å²) in [6.45, 7) is 19.5. The van der Waals surface area contributed by atoms with Crippen molar-refractivity contribution in [3.8, 4) is 11.3 Å². The molecule has 1 aliphatic heterocycles. The SMILES string of the molecule is C=CC(=O)N1[C@H](C)CN(c2nc(=O)n(C(/C(C)=C\C)[C@@H](N=C)C(C)C)c3nc(-c4c(N)cccc4F)c(F)cc23)C[C@@H]1C. The molecule has 4 rings (SSSR count). The molecule has 0 saturated carbocycles. The molecule has 11 heteroatoms. The summed E-state index contributed by atoms with van der Waals surface area (Å²) < 4.78 is 32.4. The fraction of sp³-hybridized carbons (Fsp3) is 0.406. The number of allylic oxidation sites excluding steroid dienone is 1. The highest BCUT2D eigenvalue weighted by Gasteiger charge is 2.36. The molecule has 9 nitrogen and oxygen atoms in total. The highest BCUT2D eigenvalue weighted by Crippen LogP contribution is 2.36. The number of nitrogen functional groups attached to an aromatic ring is 1. The normalized spacial score (nSPS) is 19.0. The van der Waals surface area contributed by atoms with Crippen molar-refractivity contribution in [2.75, 3.05) is 23.7 Å². The third-order valence-electron chi connectivity index (χ3n) is 8.18. The summed E-state index contributed by atoms with van der Waals surface area (Å²) in [5, 5.41) is 0.263. The van der Waals surface area contributed by atoms with E-state index in [2.05, 4.69) is 28.3 Å². The molecule has 1 unspecified atom stereocenters. The number of aliphatic imine (C=N–C) groups is 1. The van der Waals surface area contributed by atoms with E-state index in [-0.39, 0.29) is 57.7 Å². The summed E-state index contributed by atoms with van der Waals surface area (Å²) >= 11 is 0. The predicted octanol–water partition coefficient (Wildman–Crippen LogP) is 5.16. The van der Waals surface area contributed by atoms with E-state index in [1.807, 2.05) is 52.5 Å². The van der Waals surface area contributed by atoms with Crippen LogP contribution in [0.2, 0.25) is 0 Å². The second-order valence-electron chi connectivity index (χ2n) is 11.4. The van der Waals surface area contributed by atoms with E-state index in [1.54, 1.807) is 4.90 Å². The Kier molecular flexibility index (Phi) is 9.12. The summed E-state index contributed by atoms with van der Waals surface area (Å²) in [7, 11) is 0. The molecule has 1 aromatic carbocycles. The number of rotatable bonds is 8. The molecule has 43 heavy (non-hydrogen) atoms. The minimum absolute atomic E-state index is 0.00795. The van der Waals surface area contributed by atoms with Gasteiger partial charge >= 0.3 is 5.69 Å². The summed E-state index contributed by atoms with van der Waals surface area (Å²) in [6.07, 6.45) is 3.14. The first-order valence-corrected chi connectivity index (χ1v) is 14.3.